The summed E-state index contributed by atoms with van der Waals surface area (Å²) >= 11 is 0. The van der Waals surface area contributed by atoms with Gasteiger partial charge in [-0.2, -0.15) is 0 Å². The van der Waals surface area contributed by atoms with Crippen molar-refractivity contribution in [3.05, 3.63) is 58.5 Å². The van der Waals surface area contributed by atoms with Gasteiger partial charge in [-0.05, 0) is 37.3 Å². The van der Waals surface area contributed by atoms with Crippen molar-refractivity contribution < 1.29 is 14.3 Å². The zero-order valence-electron chi connectivity index (χ0n) is 12.3. The second kappa shape index (κ2) is 7.87. The van der Waals surface area contributed by atoms with E-state index in [1.54, 1.807) is 0 Å². The molecule has 0 atom stereocenters. The number of H-pyrrole nitrogens is 1. The molecule has 1 aromatic carbocycles. The average Bonchev–Trinajstić information content (AvgIpc) is 2.54. The van der Waals surface area contributed by atoms with Gasteiger partial charge in [-0.3, -0.25) is 9.59 Å². The maximum Gasteiger partial charge on any atom is 0.252 e. The van der Waals surface area contributed by atoms with Crippen LogP contribution >= 0.6 is 0 Å². The molecule has 0 saturated heterocycles. The minimum absolute atomic E-state index is 0.240. The van der Waals surface area contributed by atoms with Crippen LogP contribution in [0.5, 0.6) is 11.5 Å². The summed E-state index contributed by atoms with van der Waals surface area (Å²) in [6, 6.07) is 10.1. The fourth-order valence-corrected chi connectivity index (χ4v) is 1.79. The summed E-state index contributed by atoms with van der Waals surface area (Å²) < 4.78 is 10.9. The van der Waals surface area contributed by atoms with Crippen LogP contribution in [0.1, 0.15) is 17.3 Å². The molecule has 1 heterocycles. The molecule has 0 spiro atoms. The zero-order valence-corrected chi connectivity index (χ0v) is 12.3. The van der Waals surface area contributed by atoms with Gasteiger partial charge >= 0.3 is 0 Å². The number of carbonyl (C=O) groups excluding carboxylic acids is 1. The summed E-state index contributed by atoms with van der Waals surface area (Å²) in [6.07, 6.45) is 1.38. The number of hydrogen-bond acceptors (Lipinski definition) is 4. The summed E-state index contributed by atoms with van der Waals surface area (Å²) in [4.78, 5) is 25.1. The fraction of sp³-hybridized carbons (Fsp3) is 0.250. The number of aromatic amines is 1. The number of aromatic nitrogens is 1. The van der Waals surface area contributed by atoms with Crippen LogP contribution in [0.15, 0.2) is 47.4 Å². The Morgan fingerprint density at radius 2 is 1.77 bits per heavy atom. The van der Waals surface area contributed by atoms with Crippen molar-refractivity contribution in [1.29, 1.82) is 0 Å². The van der Waals surface area contributed by atoms with Gasteiger partial charge < -0.3 is 19.8 Å². The van der Waals surface area contributed by atoms with Crippen LogP contribution in [-0.4, -0.2) is 30.6 Å². The molecular formula is C16H18N2O4. The SMILES string of the molecule is CCOc1ccc(OCCNC(=O)c2ccc(=O)[nH]c2)cc1. The van der Waals surface area contributed by atoms with E-state index in [1.807, 2.05) is 31.2 Å². The molecule has 0 aliphatic heterocycles. The monoisotopic (exact) mass is 302 g/mol. The van der Waals surface area contributed by atoms with Crippen LogP contribution in [0.3, 0.4) is 0 Å². The highest BCUT2D eigenvalue weighted by atomic mass is 16.5. The van der Waals surface area contributed by atoms with Crippen LogP contribution in [0.25, 0.3) is 0 Å². The van der Waals surface area contributed by atoms with Gasteiger partial charge in [0.05, 0.1) is 18.7 Å². The van der Waals surface area contributed by atoms with Gasteiger partial charge in [-0.15, -0.1) is 0 Å². The lowest BCUT2D eigenvalue weighted by atomic mass is 10.3. The average molecular weight is 302 g/mol. The molecule has 116 valence electrons. The van der Waals surface area contributed by atoms with E-state index in [2.05, 4.69) is 10.3 Å². The molecule has 6 nitrogen and oxygen atoms in total. The molecule has 0 aliphatic rings. The van der Waals surface area contributed by atoms with Crippen LogP contribution in [-0.2, 0) is 0 Å². The third-order valence-electron chi connectivity index (χ3n) is 2.84. The number of hydrogen-bond donors (Lipinski definition) is 2. The molecule has 0 saturated carbocycles. The number of carbonyl (C=O) groups is 1. The molecule has 6 heteroatoms. The van der Waals surface area contributed by atoms with E-state index in [1.165, 1.54) is 18.3 Å². The predicted octanol–water partition coefficient (Wildman–Crippen LogP) is 1.58. The molecule has 0 aliphatic carbocycles. The molecule has 0 bridgehead atoms. The van der Waals surface area contributed by atoms with Gasteiger partial charge in [-0.1, -0.05) is 0 Å². The first-order valence-corrected chi connectivity index (χ1v) is 7.01. The quantitative estimate of drug-likeness (QED) is 0.761. The summed E-state index contributed by atoms with van der Waals surface area (Å²) in [6.45, 7) is 3.26. The lowest BCUT2D eigenvalue weighted by Crippen LogP contribution is -2.28. The molecule has 2 aromatic rings. The number of nitrogens with one attached hydrogen (secondary N) is 2. The Labute approximate surface area is 128 Å². The lowest BCUT2D eigenvalue weighted by molar-refractivity contribution is 0.0946. The van der Waals surface area contributed by atoms with Crippen molar-refractivity contribution in [2.75, 3.05) is 19.8 Å². The Morgan fingerprint density at radius 1 is 1.09 bits per heavy atom. The summed E-state index contributed by atoms with van der Waals surface area (Å²) in [5, 5.41) is 2.71. The highest BCUT2D eigenvalue weighted by Crippen LogP contribution is 2.17. The first-order chi connectivity index (χ1) is 10.7. The highest BCUT2D eigenvalue weighted by Gasteiger charge is 2.04. The standard InChI is InChI=1S/C16H18N2O4/c1-2-21-13-4-6-14(7-5-13)22-10-9-17-16(20)12-3-8-15(19)18-11-12/h3-8,11H,2,9-10H2,1H3,(H,17,20)(H,18,19). The van der Waals surface area contributed by atoms with Crippen molar-refractivity contribution in [2.45, 2.75) is 6.92 Å². The molecule has 2 N–H and O–H groups in total. The molecule has 1 aromatic heterocycles. The van der Waals surface area contributed by atoms with Crippen LogP contribution in [0, 0.1) is 0 Å². The number of amides is 1. The highest BCUT2D eigenvalue weighted by molar-refractivity contribution is 5.93. The number of rotatable bonds is 7. The Morgan fingerprint density at radius 3 is 2.36 bits per heavy atom. The Kier molecular flexibility index (Phi) is 5.59. The third kappa shape index (κ3) is 4.66. The lowest BCUT2D eigenvalue weighted by Gasteiger charge is -2.08. The van der Waals surface area contributed by atoms with E-state index in [-0.39, 0.29) is 11.5 Å². The van der Waals surface area contributed by atoms with E-state index in [9.17, 15) is 9.59 Å². The molecule has 2 rings (SSSR count). The topological polar surface area (TPSA) is 80.4 Å². The number of benzene rings is 1. The molecule has 22 heavy (non-hydrogen) atoms. The van der Waals surface area contributed by atoms with E-state index in [4.69, 9.17) is 9.47 Å². The molecule has 1 amide bonds. The molecule has 0 unspecified atom stereocenters. The fourth-order valence-electron chi connectivity index (χ4n) is 1.79. The number of pyridine rings is 1. The Hall–Kier alpha value is -2.76. The van der Waals surface area contributed by atoms with Gasteiger partial charge in [0, 0.05) is 12.3 Å². The van der Waals surface area contributed by atoms with Crippen LogP contribution < -0.4 is 20.3 Å². The van der Waals surface area contributed by atoms with Crippen molar-refractivity contribution in [2.24, 2.45) is 0 Å². The second-order valence-electron chi connectivity index (χ2n) is 4.45. The summed E-state index contributed by atoms with van der Waals surface area (Å²) in [7, 11) is 0. The van der Waals surface area contributed by atoms with E-state index in [0.29, 0.717) is 31.1 Å². The van der Waals surface area contributed by atoms with Crippen LogP contribution in [0.2, 0.25) is 0 Å². The van der Waals surface area contributed by atoms with Crippen LogP contribution in [0.4, 0.5) is 0 Å². The first-order valence-electron chi connectivity index (χ1n) is 7.01. The normalized spacial score (nSPS) is 10.0. The third-order valence-corrected chi connectivity index (χ3v) is 2.84. The van der Waals surface area contributed by atoms with E-state index >= 15 is 0 Å². The second-order valence-corrected chi connectivity index (χ2v) is 4.45. The smallest absolute Gasteiger partial charge is 0.252 e. The van der Waals surface area contributed by atoms with Crippen molar-refractivity contribution in [3.63, 3.8) is 0 Å². The van der Waals surface area contributed by atoms with Crippen molar-refractivity contribution in [1.82, 2.24) is 10.3 Å². The largest absolute Gasteiger partial charge is 0.494 e. The molecule has 0 radical (unpaired) electrons. The summed E-state index contributed by atoms with van der Waals surface area (Å²) in [5.74, 6) is 1.24. The van der Waals surface area contributed by atoms with Crippen molar-refractivity contribution in [3.8, 4) is 11.5 Å². The molecular weight excluding hydrogens is 284 g/mol. The molecule has 0 fully saturated rings. The maximum atomic E-state index is 11.8. The minimum atomic E-state index is -0.258. The van der Waals surface area contributed by atoms with E-state index in [0.717, 1.165) is 5.75 Å². The predicted molar refractivity (Wildman–Crippen MR) is 82.5 cm³/mol. The van der Waals surface area contributed by atoms with Gasteiger partial charge in [0.15, 0.2) is 0 Å². The van der Waals surface area contributed by atoms with Gasteiger partial charge in [-0.25, -0.2) is 0 Å². The van der Waals surface area contributed by atoms with Crippen molar-refractivity contribution >= 4 is 5.91 Å². The minimum Gasteiger partial charge on any atom is -0.494 e. The zero-order chi connectivity index (χ0) is 15.8. The first kappa shape index (κ1) is 15.6. The van der Waals surface area contributed by atoms with Gasteiger partial charge in [0.1, 0.15) is 18.1 Å². The summed E-state index contributed by atoms with van der Waals surface area (Å²) in [5.41, 5.74) is 0.163. The Bertz CT molecular complexity index is 644. The Balaban J connectivity index is 1.73. The maximum absolute atomic E-state index is 11.8. The number of ether oxygens (including phenoxy) is 2. The van der Waals surface area contributed by atoms with Gasteiger partial charge in [0.2, 0.25) is 5.56 Å². The van der Waals surface area contributed by atoms with E-state index < -0.39 is 0 Å². The van der Waals surface area contributed by atoms with Gasteiger partial charge in [0.25, 0.3) is 5.91 Å².